The average Bonchev–Trinajstić information content (AvgIpc) is 2.68. The number of ether oxygens (including phenoxy) is 1. The van der Waals surface area contributed by atoms with Crippen LogP contribution in [0.2, 0.25) is 0 Å². The second-order valence-electron chi connectivity index (χ2n) is 8.23. The van der Waals surface area contributed by atoms with Crippen LogP contribution in [0.25, 0.3) is 0 Å². The first-order valence-corrected chi connectivity index (χ1v) is 11.4. The van der Waals surface area contributed by atoms with Crippen molar-refractivity contribution in [3.63, 3.8) is 0 Å². The smallest absolute Gasteiger partial charge is 0.302 e. The van der Waals surface area contributed by atoms with Gasteiger partial charge in [-0.3, -0.25) is 4.79 Å². The highest BCUT2D eigenvalue weighted by atomic mass is 32.2. The number of carbonyl (C=O) groups excluding carboxylic acids is 1. The van der Waals surface area contributed by atoms with Crippen molar-refractivity contribution in [3.05, 3.63) is 46.6 Å². The molecule has 0 bridgehead atoms. The van der Waals surface area contributed by atoms with Crippen LogP contribution in [0.3, 0.4) is 0 Å². The third kappa shape index (κ3) is 4.21. The van der Waals surface area contributed by atoms with Crippen molar-refractivity contribution in [2.75, 3.05) is 6.54 Å². The summed E-state index contributed by atoms with van der Waals surface area (Å²) in [7, 11) is 0. The molecule has 3 aliphatic carbocycles. The maximum Gasteiger partial charge on any atom is 0.302 e. The molecule has 1 aliphatic heterocycles. The van der Waals surface area contributed by atoms with Gasteiger partial charge in [0.05, 0.1) is 0 Å². The van der Waals surface area contributed by atoms with Gasteiger partial charge in [-0.15, -0.1) is 11.8 Å². The lowest BCUT2D eigenvalue weighted by Crippen LogP contribution is -2.48. The number of nitrogens with zero attached hydrogens (tertiary/aromatic N) is 1. The first-order chi connectivity index (χ1) is 13.1. The summed E-state index contributed by atoms with van der Waals surface area (Å²) in [4.78, 5) is 15.7. The molecule has 4 unspecified atom stereocenters. The van der Waals surface area contributed by atoms with E-state index in [1.54, 1.807) is 10.5 Å². The van der Waals surface area contributed by atoms with Crippen molar-refractivity contribution in [2.24, 2.45) is 5.92 Å². The molecule has 1 heterocycles. The first-order valence-electron chi connectivity index (χ1n) is 10.5. The molecule has 0 spiro atoms. The highest BCUT2D eigenvalue weighted by molar-refractivity contribution is 8.03. The molecule has 0 saturated heterocycles. The molecule has 146 valence electrons. The summed E-state index contributed by atoms with van der Waals surface area (Å²) in [5.41, 5.74) is 3.06. The van der Waals surface area contributed by atoms with E-state index in [-0.39, 0.29) is 12.1 Å². The van der Waals surface area contributed by atoms with Crippen molar-refractivity contribution in [1.29, 1.82) is 0 Å². The summed E-state index contributed by atoms with van der Waals surface area (Å²) in [5.74, 6) is 0.119. The first kappa shape index (κ1) is 18.9. The number of esters is 1. The zero-order valence-corrected chi connectivity index (χ0v) is 17.3. The SMILES string of the molecule is CC(=O)OC(C)C1C=CC2SC3=C(C=CCC3)N(CC3=CCCCC3)C2C1. The van der Waals surface area contributed by atoms with Gasteiger partial charge >= 0.3 is 5.97 Å². The summed E-state index contributed by atoms with van der Waals surface area (Å²) in [6.45, 7) is 4.60. The van der Waals surface area contributed by atoms with E-state index in [9.17, 15) is 4.79 Å². The van der Waals surface area contributed by atoms with E-state index in [1.807, 2.05) is 6.92 Å². The lowest BCUT2D eigenvalue weighted by Gasteiger charge is -2.47. The van der Waals surface area contributed by atoms with Crippen molar-refractivity contribution in [3.8, 4) is 0 Å². The van der Waals surface area contributed by atoms with E-state index in [4.69, 9.17) is 4.74 Å². The van der Waals surface area contributed by atoms with Gasteiger partial charge in [0.15, 0.2) is 0 Å². The van der Waals surface area contributed by atoms with Crippen LogP contribution < -0.4 is 0 Å². The third-order valence-corrected chi connectivity index (χ3v) is 7.68. The van der Waals surface area contributed by atoms with Crippen LogP contribution in [0.1, 0.15) is 58.8 Å². The lowest BCUT2D eigenvalue weighted by molar-refractivity contribution is -0.147. The molecule has 27 heavy (non-hydrogen) atoms. The number of allylic oxidation sites excluding steroid dienone is 4. The second kappa shape index (κ2) is 8.30. The minimum Gasteiger partial charge on any atom is -0.462 e. The molecule has 0 saturated carbocycles. The predicted octanol–water partition coefficient (Wildman–Crippen LogP) is 5.36. The van der Waals surface area contributed by atoms with Gasteiger partial charge in [-0.25, -0.2) is 0 Å². The van der Waals surface area contributed by atoms with Crippen LogP contribution in [0.4, 0.5) is 0 Å². The molecule has 4 atom stereocenters. The predicted molar refractivity (Wildman–Crippen MR) is 112 cm³/mol. The topological polar surface area (TPSA) is 29.5 Å². The normalized spacial score (nSPS) is 31.1. The molecular formula is C23H31NO2S. The van der Waals surface area contributed by atoms with Crippen molar-refractivity contribution in [2.45, 2.75) is 76.2 Å². The molecule has 0 fully saturated rings. The van der Waals surface area contributed by atoms with Gasteiger partial charge in [0, 0.05) is 41.3 Å². The van der Waals surface area contributed by atoms with E-state index in [0.29, 0.717) is 17.2 Å². The van der Waals surface area contributed by atoms with E-state index in [2.05, 4.69) is 47.0 Å². The zero-order chi connectivity index (χ0) is 18.8. The maximum atomic E-state index is 11.4. The molecule has 0 radical (unpaired) electrons. The van der Waals surface area contributed by atoms with Gasteiger partial charge in [-0.2, -0.15) is 0 Å². The van der Waals surface area contributed by atoms with E-state index < -0.39 is 0 Å². The molecule has 0 N–H and O–H groups in total. The van der Waals surface area contributed by atoms with Crippen molar-refractivity contribution in [1.82, 2.24) is 4.90 Å². The Kier molecular flexibility index (Phi) is 5.82. The molecule has 3 nitrogen and oxygen atoms in total. The summed E-state index contributed by atoms with van der Waals surface area (Å²) in [6.07, 6.45) is 20.3. The van der Waals surface area contributed by atoms with E-state index in [0.717, 1.165) is 19.4 Å². The second-order valence-corrected chi connectivity index (χ2v) is 9.51. The Hall–Kier alpha value is -1.42. The fourth-order valence-corrected chi connectivity index (χ4v) is 6.26. The van der Waals surface area contributed by atoms with E-state index in [1.165, 1.54) is 44.7 Å². The Bertz CT molecular complexity index is 705. The van der Waals surface area contributed by atoms with Gasteiger partial charge in [0.2, 0.25) is 0 Å². The number of rotatable bonds is 4. The Morgan fingerprint density at radius 3 is 2.96 bits per heavy atom. The molecule has 4 rings (SSSR count). The summed E-state index contributed by atoms with van der Waals surface area (Å²) < 4.78 is 5.51. The number of thioether (sulfide) groups is 1. The molecule has 4 heteroatoms. The molecule has 0 aromatic heterocycles. The number of hydrogen-bond acceptors (Lipinski definition) is 4. The monoisotopic (exact) mass is 385 g/mol. The quantitative estimate of drug-likeness (QED) is 0.481. The van der Waals surface area contributed by atoms with Crippen LogP contribution in [0.15, 0.2) is 46.6 Å². The summed E-state index contributed by atoms with van der Waals surface area (Å²) >= 11 is 2.07. The zero-order valence-electron chi connectivity index (χ0n) is 16.5. The fraction of sp³-hybridized carbons (Fsp3) is 0.609. The third-order valence-electron chi connectivity index (χ3n) is 6.24. The minimum absolute atomic E-state index is 0.0577. The standard InChI is InChI=1S/C23H31NO2S/c1-16(26-17(2)25)19-12-13-23-21(14-19)24(15-18-8-4-3-5-9-18)20-10-6-7-11-22(20)27-23/h6,8,10,12-13,16,19,21,23H,3-5,7,9,11,14-15H2,1-2H3. The van der Waals surface area contributed by atoms with Gasteiger partial charge in [-0.05, 0) is 57.9 Å². The highest BCUT2D eigenvalue weighted by Crippen LogP contribution is 2.46. The summed E-state index contributed by atoms with van der Waals surface area (Å²) in [6, 6.07) is 0.479. The summed E-state index contributed by atoms with van der Waals surface area (Å²) in [5, 5.41) is 0.514. The van der Waals surface area contributed by atoms with E-state index >= 15 is 0 Å². The average molecular weight is 386 g/mol. The highest BCUT2D eigenvalue weighted by Gasteiger charge is 2.39. The van der Waals surface area contributed by atoms with Crippen molar-refractivity contribution < 1.29 is 9.53 Å². The lowest BCUT2D eigenvalue weighted by atomic mass is 9.85. The van der Waals surface area contributed by atoms with Gasteiger partial charge < -0.3 is 9.64 Å². The fourth-order valence-electron chi connectivity index (χ4n) is 4.81. The number of hydrogen-bond donors (Lipinski definition) is 0. The van der Waals surface area contributed by atoms with Crippen LogP contribution in [0.5, 0.6) is 0 Å². The number of fused-ring (bicyclic) bond motifs is 1. The maximum absolute atomic E-state index is 11.4. The van der Waals surface area contributed by atoms with Gasteiger partial charge in [0.1, 0.15) is 6.10 Å². The Morgan fingerprint density at radius 1 is 1.30 bits per heavy atom. The number of carbonyl (C=O) groups is 1. The molecule has 4 aliphatic rings. The van der Waals surface area contributed by atoms with Crippen LogP contribution in [0, 0.1) is 5.92 Å². The molecule has 0 amide bonds. The Labute approximate surface area is 167 Å². The van der Waals surface area contributed by atoms with Crippen LogP contribution >= 0.6 is 11.8 Å². The molecular weight excluding hydrogens is 354 g/mol. The largest absolute Gasteiger partial charge is 0.462 e. The van der Waals surface area contributed by atoms with Gasteiger partial charge in [-0.1, -0.05) is 29.9 Å². The van der Waals surface area contributed by atoms with Crippen LogP contribution in [-0.2, 0) is 9.53 Å². The Morgan fingerprint density at radius 2 is 2.19 bits per heavy atom. The van der Waals surface area contributed by atoms with Gasteiger partial charge in [0.25, 0.3) is 0 Å². The van der Waals surface area contributed by atoms with Crippen molar-refractivity contribution >= 4 is 17.7 Å². The molecule has 0 aromatic carbocycles. The van der Waals surface area contributed by atoms with Crippen LogP contribution in [-0.4, -0.2) is 34.8 Å². The Balaban J connectivity index is 1.58. The molecule has 0 aromatic rings. The minimum atomic E-state index is -0.180.